The van der Waals surface area contributed by atoms with Gasteiger partial charge in [0.2, 0.25) is 0 Å². The van der Waals surface area contributed by atoms with Gasteiger partial charge in [0.05, 0.1) is 18.7 Å². The van der Waals surface area contributed by atoms with E-state index in [9.17, 15) is 13.6 Å². The number of rotatable bonds is 5. The lowest BCUT2D eigenvalue weighted by Gasteiger charge is -2.12. The Morgan fingerprint density at radius 1 is 1.19 bits per heavy atom. The zero-order valence-corrected chi connectivity index (χ0v) is 14.6. The highest BCUT2D eigenvalue weighted by atomic mass is 19.1. The molecule has 1 aliphatic rings. The lowest BCUT2D eigenvalue weighted by molar-refractivity contribution is -0.144. The summed E-state index contributed by atoms with van der Waals surface area (Å²) in [4.78, 5) is 16.0. The van der Waals surface area contributed by atoms with Crippen molar-refractivity contribution in [1.29, 1.82) is 0 Å². The fourth-order valence-electron chi connectivity index (χ4n) is 3.28. The molecule has 4 nitrogen and oxygen atoms in total. The Kier molecular flexibility index (Phi) is 4.48. The standard InChI is InChI=1S/C21H17F2NO3/c1-2-26-21(25)15-10-14(15)19-16(22)6-4-8-18(19)27-13-9-12-5-3-7-17(23)20(12)24-11-13/h3-9,11,14-15H,2,10H2,1H3. The summed E-state index contributed by atoms with van der Waals surface area (Å²) < 4.78 is 39.1. The Hall–Kier alpha value is -3.02. The third-order valence-corrected chi connectivity index (χ3v) is 4.63. The molecule has 6 heteroatoms. The summed E-state index contributed by atoms with van der Waals surface area (Å²) in [6.45, 7) is 2.03. The fraction of sp³-hybridized carbons (Fsp3) is 0.238. The lowest BCUT2D eigenvalue weighted by Crippen LogP contribution is -2.08. The number of hydrogen-bond acceptors (Lipinski definition) is 4. The maximum atomic E-state index is 14.5. The van der Waals surface area contributed by atoms with Crippen molar-refractivity contribution in [2.45, 2.75) is 19.3 Å². The number of ether oxygens (including phenoxy) is 2. The number of carbonyl (C=O) groups is 1. The number of fused-ring (bicyclic) bond motifs is 1. The van der Waals surface area contributed by atoms with E-state index >= 15 is 0 Å². The van der Waals surface area contributed by atoms with E-state index in [-0.39, 0.29) is 23.3 Å². The molecule has 0 amide bonds. The van der Waals surface area contributed by atoms with Crippen LogP contribution in [-0.2, 0) is 9.53 Å². The third kappa shape index (κ3) is 3.35. The van der Waals surface area contributed by atoms with Crippen LogP contribution in [0.2, 0.25) is 0 Å². The molecule has 2 unspecified atom stereocenters. The Bertz CT molecular complexity index is 1020. The van der Waals surface area contributed by atoms with E-state index in [0.29, 0.717) is 35.5 Å². The molecule has 1 fully saturated rings. The second-order valence-electron chi connectivity index (χ2n) is 6.44. The summed E-state index contributed by atoms with van der Waals surface area (Å²) in [5.41, 5.74) is 0.601. The first kappa shape index (κ1) is 17.4. The van der Waals surface area contributed by atoms with Gasteiger partial charge in [-0.25, -0.2) is 13.8 Å². The Balaban J connectivity index is 1.64. The predicted molar refractivity (Wildman–Crippen MR) is 95.7 cm³/mol. The van der Waals surface area contributed by atoms with Crippen molar-refractivity contribution in [2.75, 3.05) is 6.61 Å². The Morgan fingerprint density at radius 3 is 2.78 bits per heavy atom. The third-order valence-electron chi connectivity index (χ3n) is 4.63. The molecule has 27 heavy (non-hydrogen) atoms. The number of pyridine rings is 1. The molecule has 1 heterocycles. The molecule has 0 spiro atoms. The average Bonchev–Trinajstić information content (AvgIpc) is 3.43. The number of para-hydroxylation sites is 1. The van der Waals surface area contributed by atoms with Gasteiger partial charge in [0, 0.05) is 16.9 Å². The minimum Gasteiger partial charge on any atom is -0.466 e. The van der Waals surface area contributed by atoms with Gasteiger partial charge >= 0.3 is 5.97 Å². The molecule has 2 atom stereocenters. The van der Waals surface area contributed by atoms with Gasteiger partial charge in [-0.3, -0.25) is 4.79 Å². The van der Waals surface area contributed by atoms with E-state index < -0.39 is 11.6 Å². The van der Waals surface area contributed by atoms with Crippen molar-refractivity contribution in [3.05, 3.63) is 65.9 Å². The van der Waals surface area contributed by atoms with Crippen LogP contribution in [0.4, 0.5) is 8.78 Å². The molecular formula is C21H17F2NO3. The minimum absolute atomic E-state index is 0.244. The molecule has 1 aliphatic carbocycles. The van der Waals surface area contributed by atoms with E-state index in [2.05, 4.69) is 4.98 Å². The van der Waals surface area contributed by atoms with Crippen molar-refractivity contribution in [3.8, 4) is 11.5 Å². The van der Waals surface area contributed by atoms with Crippen LogP contribution in [0.1, 0.15) is 24.8 Å². The van der Waals surface area contributed by atoms with Crippen LogP contribution in [0.5, 0.6) is 11.5 Å². The smallest absolute Gasteiger partial charge is 0.309 e. The van der Waals surface area contributed by atoms with Gasteiger partial charge in [0.25, 0.3) is 0 Å². The van der Waals surface area contributed by atoms with E-state index in [0.717, 1.165) is 0 Å². The zero-order valence-electron chi connectivity index (χ0n) is 14.6. The number of hydrogen-bond donors (Lipinski definition) is 0. The van der Waals surface area contributed by atoms with Crippen molar-refractivity contribution >= 4 is 16.9 Å². The highest BCUT2D eigenvalue weighted by molar-refractivity contribution is 5.80. The fourth-order valence-corrected chi connectivity index (χ4v) is 3.28. The maximum Gasteiger partial charge on any atom is 0.309 e. The molecular weight excluding hydrogens is 352 g/mol. The molecule has 0 bridgehead atoms. The van der Waals surface area contributed by atoms with Crippen molar-refractivity contribution in [2.24, 2.45) is 5.92 Å². The van der Waals surface area contributed by atoms with Crippen molar-refractivity contribution in [1.82, 2.24) is 4.98 Å². The topological polar surface area (TPSA) is 48.4 Å². The zero-order chi connectivity index (χ0) is 19.0. The highest BCUT2D eigenvalue weighted by Gasteiger charge is 2.47. The van der Waals surface area contributed by atoms with E-state index in [1.807, 2.05) is 0 Å². The quantitative estimate of drug-likeness (QED) is 0.596. The largest absolute Gasteiger partial charge is 0.466 e. The first-order chi connectivity index (χ1) is 13.1. The molecule has 4 rings (SSSR count). The predicted octanol–water partition coefficient (Wildman–Crippen LogP) is 4.97. The second kappa shape index (κ2) is 6.95. The number of halogens is 2. The average molecular weight is 369 g/mol. The van der Waals surface area contributed by atoms with Crippen molar-refractivity contribution in [3.63, 3.8) is 0 Å². The normalized spacial score (nSPS) is 18.3. The van der Waals surface area contributed by atoms with Gasteiger partial charge < -0.3 is 9.47 Å². The number of benzene rings is 2. The van der Waals surface area contributed by atoms with Crippen LogP contribution >= 0.6 is 0 Å². The number of aromatic nitrogens is 1. The number of carbonyl (C=O) groups excluding carboxylic acids is 1. The summed E-state index contributed by atoms with van der Waals surface area (Å²) in [6.07, 6.45) is 1.92. The maximum absolute atomic E-state index is 14.5. The molecule has 0 saturated heterocycles. The van der Waals surface area contributed by atoms with Crippen LogP contribution in [0.15, 0.2) is 48.7 Å². The molecule has 3 aromatic rings. The SMILES string of the molecule is CCOC(=O)C1CC1c1c(F)cccc1Oc1cnc2c(F)cccc2c1. The Labute approximate surface area is 154 Å². The van der Waals surface area contributed by atoms with Gasteiger partial charge in [-0.1, -0.05) is 18.2 Å². The van der Waals surface area contributed by atoms with E-state index in [1.165, 1.54) is 18.3 Å². The van der Waals surface area contributed by atoms with E-state index in [4.69, 9.17) is 9.47 Å². The summed E-state index contributed by atoms with van der Waals surface area (Å²) >= 11 is 0. The van der Waals surface area contributed by atoms with Crippen LogP contribution in [-0.4, -0.2) is 17.6 Å². The number of esters is 1. The second-order valence-corrected chi connectivity index (χ2v) is 6.44. The molecule has 0 radical (unpaired) electrons. The first-order valence-corrected chi connectivity index (χ1v) is 8.75. The highest BCUT2D eigenvalue weighted by Crippen LogP contribution is 2.52. The van der Waals surface area contributed by atoms with Gasteiger partial charge in [0.1, 0.15) is 28.7 Å². The van der Waals surface area contributed by atoms with Crippen LogP contribution < -0.4 is 4.74 Å². The minimum atomic E-state index is -0.427. The van der Waals surface area contributed by atoms with Crippen molar-refractivity contribution < 1.29 is 23.0 Å². The molecule has 0 aliphatic heterocycles. The summed E-state index contributed by atoms with van der Waals surface area (Å²) in [5.74, 6) is -1.10. The molecule has 2 aromatic carbocycles. The van der Waals surface area contributed by atoms with Crippen LogP contribution in [0, 0.1) is 17.6 Å². The van der Waals surface area contributed by atoms with Gasteiger partial charge in [0.15, 0.2) is 0 Å². The molecule has 1 aromatic heterocycles. The molecule has 138 valence electrons. The van der Waals surface area contributed by atoms with Crippen LogP contribution in [0.25, 0.3) is 10.9 Å². The monoisotopic (exact) mass is 369 g/mol. The number of nitrogens with zero attached hydrogens (tertiary/aromatic N) is 1. The lowest BCUT2D eigenvalue weighted by atomic mass is 10.1. The van der Waals surface area contributed by atoms with Gasteiger partial charge in [-0.05, 0) is 37.6 Å². The molecule has 1 saturated carbocycles. The Morgan fingerprint density at radius 2 is 1.96 bits per heavy atom. The van der Waals surface area contributed by atoms with E-state index in [1.54, 1.807) is 37.3 Å². The van der Waals surface area contributed by atoms with Gasteiger partial charge in [-0.2, -0.15) is 0 Å². The van der Waals surface area contributed by atoms with Gasteiger partial charge in [-0.15, -0.1) is 0 Å². The summed E-state index contributed by atoms with van der Waals surface area (Å²) in [6, 6.07) is 10.8. The summed E-state index contributed by atoms with van der Waals surface area (Å²) in [7, 11) is 0. The van der Waals surface area contributed by atoms with Crippen LogP contribution in [0.3, 0.4) is 0 Å². The summed E-state index contributed by atoms with van der Waals surface area (Å²) in [5, 5.41) is 0.585. The molecule has 0 N–H and O–H groups in total. The first-order valence-electron chi connectivity index (χ1n) is 8.75.